The molecule has 0 aliphatic carbocycles. The Morgan fingerprint density at radius 2 is 1.79 bits per heavy atom. The maximum Gasteiger partial charge on any atom is 0.127 e. The molecule has 0 saturated carbocycles. The van der Waals surface area contributed by atoms with Crippen LogP contribution >= 0.6 is 0 Å². The maximum atomic E-state index is 13.7. The predicted molar refractivity (Wildman–Crippen MR) is 74.4 cm³/mol. The highest BCUT2D eigenvalue weighted by Crippen LogP contribution is 2.20. The first-order valence-electron chi connectivity index (χ1n) is 6.46. The molecule has 0 aliphatic rings. The fourth-order valence-corrected chi connectivity index (χ4v) is 2.09. The number of aromatic hydroxyl groups is 1. The van der Waals surface area contributed by atoms with Crippen molar-refractivity contribution >= 4 is 0 Å². The van der Waals surface area contributed by atoms with Gasteiger partial charge in [-0.05, 0) is 30.2 Å². The Morgan fingerprint density at radius 1 is 1.11 bits per heavy atom. The van der Waals surface area contributed by atoms with Crippen molar-refractivity contribution in [3.8, 4) is 5.75 Å². The van der Waals surface area contributed by atoms with Crippen molar-refractivity contribution in [2.45, 2.75) is 25.9 Å². The van der Waals surface area contributed by atoms with E-state index in [0.29, 0.717) is 12.1 Å². The van der Waals surface area contributed by atoms with Crippen molar-refractivity contribution in [3.63, 3.8) is 0 Å². The van der Waals surface area contributed by atoms with E-state index in [4.69, 9.17) is 0 Å². The summed E-state index contributed by atoms with van der Waals surface area (Å²) in [5, 5.41) is 12.6. The van der Waals surface area contributed by atoms with Gasteiger partial charge in [-0.3, -0.25) is 0 Å². The van der Waals surface area contributed by atoms with Gasteiger partial charge in [0.2, 0.25) is 0 Å². The second kappa shape index (κ2) is 6.34. The molecule has 0 fully saturated rings. The van der Waals surface area contributed by atoms with E-state index in [0.717, 1.165) is 12.0 Å². The number of benzene rings is 2. The number of phenolic OH excluding ortho intramolecular Hbond substituents is 1. The Balaban J connectivity index is 2.04. The van der Waals surface area contributed by atoms with Crippen molar-refractivity contribution in [3.05, 3.63) is 65.5 Å². The number of phenols is 1. The van der Waals surface area contributed by atoms with Gasteiger partial charge in [0, 0.05) is 18.2 Å². The summed E-state index contributed by atoms with van der Waals surface area (Å²) >= 11 is 0. The Kier molecular flexibility index (Phi) is 4.53. The van der Waals surface area contributed by atoms with Crippen molar-refractivity contribution in [1.29, 1.82) is 0 Å². The second-order valence-corrected chi connectivity index (χ2v) is 4.53. The summed E-state index contributed by atoms with van der Waals surface area (Å²) in [6.45, 7) is 2.67. The van der Waals surface area contributed by atoms with Gasteiger partial charge >= 0.3 is 0 Å². The van der Waals surface area contributed by atoms with Gasteiger partial charge in [0.15, 0.2) is 0 Å². The highest BCUT2D eigenvalue weighted by atomic mass is 19.1. The Bertz CT molecular complexity index is 525. The zero-order chi connectivity index (χ0) is 13.7. The maximum absolute atomic E-state index is 13.7. The number of hydrogen-bond donors (Lipinski definition) is 2. The van der Waals surface area contributed by atoms with Crippen LogP contribution in [0.1, 0.15) is 30.5 Å². The monoisotopic (exact) mass is 259 g/mol. The van der Waals surface area contributed by atoms with E-state index in [2.05, 4.69) is 5.32 Å². The predicted octanol–water partition coefficient (Wildman–Crippen LogP) is 3.77. The molecule has 1 atom stereocenters. The lowest BCUT2D eigenvalue weighted by Crippen LogP contribution is -2.21. The Hall–Kier alpha value is -1.87. The van der Waals surface area contributed by atoms with Gasteiger partial charge in [-0.1, -0.05) is 37.3 Å². The number of rotatable bonds is 5. The lowest BCUT2D eigenvalue weighted by molar-refractivity contribution is 0.473. The third-order valence-electron chi connectivity index (χ3n) is 3.18. The third-order valence-corrected chi connectivity index (χ3v) is 3.18. The van der Waals surface area contributed by atoms with Crippen molar-refractivity contribution in [2.75, 3.05) is 0 Å². The van der Waals surface area contributed by atoms with Crippen molar-refractivity contribution in [1.82, 2.24) is 5.32 Å². The van der Waals surface area contributed by atoms with E-state index in [1.54, 1.807) is 18.2 Å². The van der Waals surface area contributed by atoms with Crippen LogP contribution < -0.4 is 5.32 Å². The molecule has 2 aromatic carbocycles. The third kappa shape index (κ3) is 3.55. The van der Waals surface area contributed by atoms with Gasteiger partial charge < -0.3 is 10.4 Å². The van der Waals surface area contributed by atoms with Crippen molar-refractivity contribution < 1.29 is 9.50 Å². The molecule has 2 aromatic rings. The summed E-state index contributed by atoms with van der Waals surface area (Å²) < 4.78 is 13.7. The van der Waals surface area contributed by atoms with E-state index in [1.165, 1.54) is 6.07 Å². The van der Waals surface area contributed by atoms with Gasteiger partial charge in [0.05, 0.1) is 0 Å². The molecule has 0 spiro atoms. The lowest BCUT2D eigenvalue weighted by atomic mass is 10.0. The largest absolute Gasteiger partial charge is 0.508 e. The average molecular weight is 259 g/mol. The molecule has 0 heterocycles. The average Bonchev–Trinajstić information content (AvgIpc) is 2.43. The summed E-state index contributed by atoms with van der Waals surface area (Å²) in [5.41, 5.74) is 1.76. The van der Waals surface area contributed by atoms with E-state index in [9.17, 15) is 9.50 Å². The van der Waals surface area contributed by atoms with E-state index in [1.807, 2.05) is 31.2 Å². The van der Waals surface area contributed by atoms with Crippen LogP contribution in [0.5, 0.6) is 5.75 Å². The standard InChI is InChI=1S/C16H18FNO/c1-2-16(14-5-3-4-6-15(14)17)18-11-12-7-9-13(19)10-8-12/h3-10,16,18-19H,2,11H2,1H3. The van der Waals surface area contributed by atoms with Crippen LogP contribution in [0.25, 0.3) is 0 Å². The molecular formula is C16H18FNO. The molecule has 0 aliphatic heterocycles. The number of nitrogens with one attached hydrogen (secondary N) is 1. The molecule has 19 heavy (non-hydrogen) atoms. The van der Waals surface area contributed by atoms with Gasteiger partial charge in [0.1, 0.15) is 11.6 Å². The summed E-state index contributed by atoms with van der Waals surface area (Å²) in [7, 11) is 0. The zero-order valence-electron chi connectivity index (χ0n) is 10.9. The summed E-state index contributed by atoms with van der Waals surface area (Å²) in [5.74, 6) is 0.0810. The first-order valence-corrected chi connectivity index (χ1v) is 6.46. The van der Waals surface area contributed by atoms with Crippen LogP contribution in [0.4, 0.5) is 4.39 Å². The molecular weight excluding hydrogens is 241 g/mol. The fraction of sp³-hybridized carbons (Fsp3) is 0.250. The molecule has 3 heteroatoms. The minimum atomic E-state index is -0.174. The second-order valence-electron chi connectivity index (χ2n) is 4.53. The highest BCUT2D eigenvalue weighted by molar-refractivity contribution is 5.26. The molecule has 1 unspecified atom stereocenters. The molecule has 2 N–H and O–H groups in total. The molecule has 0 amide bonds. The van der Waals surface area contributed by atoms with Gasteiger partial charge in [-0.2, -0.15) is 0 Å². The summed E-state index contributed by atoms with van der Waals surface area (Å²) in [6.07, 6.45) is 0.818. The fourth-order valence-electron chi connectivity index (χ4n) is 2.09. The quantitative estimate of drug-likeness (QED) is 0.856. The number of hydrogen-bond acceptors (Lipinski definition) is 2. The van der Waals surface area contributed by atoms with E-state index >= 15 is 0 Å². The van der Waals surface area contributed by atoms with Crippen LogP contribution in [0.3, 0.4) is 0 Å². The topological polar surface area (TPSA) is 32.3 Å². The minimum absolute atomic E-state index is 0.00463. The molecule has 0 aromatic heterocycles. The first-order chi connectivity index (χ1) is 9.20. The van der Waals surface area contributed by atoms with Gasteiger partial charge in [-0.25, -0.2) is 4.39 Å². The summed E-state index contributed by atoms with van der Waals surface area (Å²) in [4.78, 5) is 0. The van der Waals surface area contributed by atoms with Crippen LogP contribution in [0.2, 0.25) is 0 Å². The van der Waals surface area contributed by atoms with Crippen LogP contribution in [0, 0.1) is 5.82 Å². The molecule has 100 valence electrons. The first kappa shape index (κ1) is 13.6. The molecule has 0 bridgehead atoms. The Labute approximate surface area is 112 Å². The number of halogens is 1. The van der Waals surface area contributed by atoms with E-state index in [-0.39, 0.29) is 17.6 Å². The zero-order valence-corrected chi connectivity index (χ0v) is 10.9. The van der Waals surface area contributed by atoms with Gasteiger partial charge in [0.25, 0.3) is 0 Å². The van der Waals surface area contributed by atoms with Crippen molar-refractivity contribution in [2.24, 2.45) is 0 Å². The van der Waals surface area contributed by atoms with Crippen LogP contribution in [-0.2, 0) is 6.54 Å². The normalized spacial score (nSPS) is 12.3. The molecule has 2 rings (SSSR count). The van der Waals surface area contributed by atoms with E-state index < -0.39 is 0 Å². The van der Waals surface area contributed by atoms with Crippen LogP contribution in [-0.4, -0.2) is 5.11 Å². The molecule has 0 radical (unpaired) electrons. The smallest absolute Gasteiger partial charge is 0.127 e. The highest BCUT2D eigenvalue weighted by Gasteiger charge is 2.12. The minimum Gasteiger partial charge on any atom is -0.508 e. The Morgan fingerprint density at radius 3 is 2.42 bits per heavy atom. The lowest BCUT2D eigenvalue weighted by Gasteiger charge is -2.18. The van der Waals surface area contributed by atoms with Gasteiger partial charge in [-0.15, -0.1) is 0 Å². The summed E-state index contributed by atoms with van der Waals surface area (Å²) in [6, 6.07) is 13.9. The molecule has 0 saturated heterocycles. The molecule has 2 nitrogen and oxygen atoms in total. The van der Waals surface area contributed by atoms with Crippen LogP contribution in [0.15, 0.2) is 48.5 Å². The SMILES string of the molecule is CCC(NCc1ccc(O)cc1)c1ccccc1F.